The van der Waals surface area contributed by atoms with Crippen LogP contribution in [0.15, 0.2) is 12.1 Å². The fourth-order valence-corrected chi connectivity index (χ4v) is 2.15. The van der Waals surface area contributed by atoms with Crippen molar-refractivity contribution in [3.63, 3.8) is 0 Å². The summed E-state index contributed by atoms with van der Waals surface area (Å²) in [6, 6.07) is 2.85. The molecule has 1 aliphatic rings. The maximum absolute atomic E-state index is 13.8. The number of piperidine rings is 1. The molecule has 5 heteroatoms. The summed E-state index contributed by atoms with van der Waals surface area (Å²) in [5, 5.41) is 9.59. The molecule has 1 atom stereocenters. The van der Waals surface area contributed by atoms with Crippen LogP contribution in [0.5, 0.6) is 5.75 Å². The summed E-state index contributed by atoms with van der Waals surface area (Å²) in [5.74, 6) is 0.0823. The van der Waals surface area contributed by atoms with E-state index in [0.717, 1.165) is 19.4 Å². The summed E-state index contributed by atoms with van der Waals surface area (Å²) in [5.41, 5.74) is 6.35. The van der Waals surface area contributed by atoms with E-state index in [0.29, 0.717) is 18.0 Å². The first kappa shape index (κ1) is 12.0. The monoisotopic (exact) mass is 240 g/mol. The quantitative estimate of drug-likeness (QED) is 0.767. The largest absolute Gasteiger partial charge is 0.495 e. The van der Waals surface area contributed by atoms with Gasteiger partial charge < -0.3 is 20.5 Å². The van der Waals surface area contributed by atoms with Crippen LogP contribution in [0.25, 0.3) is 0 Å². The SMILES string of the molecule is COc1cc(N2CCCC(O)C2)c(F)cc1N. The molecule has 1 aliphatic heterocycles. The molecule has 0 aromatic heterocycles. The zero-order chi connectivity index (χ0) is 12.4. The maximum atomic E-state index is 13.8. The number of nitrogen functional groups attached to an aromatic ring is 1. The van der Waals surface area contributed by atoms with E-state index in [1.165, 1.54) is 13.2 Å². The highest BCUT2D eigenvalue weighted by molar-refractivity contribution is 5.63. The molecular weight excluding hydrogens is 223 g/mol. The van der Waals surface area contributed by atoms with Gasteiger partial charge in [0.2, 0.25) is 0 Å². The minimum atomic E-state index is -0.397. The maximum Gasteiger partial charge on any atom is 0.148 e. The number of hydrogen-bond acceptors (Lipinski definition) is 4. The van der Waals surface area contributed by atoms with Gasteiger partial charge in [-0.15, -0.1) is 0 Å². The molecule has 1 fully saturated rings. The van der Waals surface area contributed by atoms with Crippen LogP contribution in [-0.4, -0.2) is 31.4 Å². The van der Waals surface area contributed by atoms with E-state index >= 15 is 0 Å². The molecule has 94 valence electrons. The number of benzene rings is 1. The van der Waals surface area contributed by atoms with Crippen molar-refractivity contribution in [2.75, 3.05) is 30.8 Å². The highest BCUT2D eigenvalue weighted by Gasteiger charge is 2.21. The van der Waals surface area contributed by atoms with E-state index in [-0.39, 0.29) is 11.5 Å². The van der Waals surface area contributed by atoms with Crippen LogP contribution in [0.4, 0.5) is 15.8 Å². The summed E-state index contributed by atoms with van der Waals surface area (Å²) in [6.07, 6.45) is 1.23. The molecule has 0 spiro atoms. The lowest BCUT2D eigenvalue weighted by molar-refractivity contribution is 0.154. The second-order valence-corrected chi connectivity index (χ2v) is 4.29. The third-order valence-electron chi connectivity index (χ3n) is 3.04. The van der Waals surface area contributed by atoms with Crippen LogP contribution in [0, 0.1) is 5.82 Å². The normalized spacial score (nSPS) is 20.4. The number of methoxy groups -OCH3 is 1. The summed E-state index contributed by atoms with van der Waals surface area (Å²) < 4.78 is 18.9. The Bertz CT molecular complexity index is 412. The first-order valence-electron chi connectivity index (χ1n) is 5.68. The molecule has 1 saturated heterocycles. The lowest BCUT2D eigenvalue weighted by Gasteiger charge is -2.32. The smallest absolute Gasteiger partial charge is 0.148 e. The summed E-state index contributed by atoms with van der Waals surface area (Å²) in [6.45, 7) is 1.19. The van der Waals surface area contributed by atoms with Crippen LogP contribution in [-0.2, 0) is 0 Å². The number of rotatable bonds is 2. The van der Waals surface area contributed by atoms with Gasteiger partial charge in [0.05, 0.1) is 24.6 Å². The van der Waals surface area contributed by atoms with Gasteiger partial charge in [0.25, 0.3) is 0 Å². The van der Waals surface area contributed by atoms with Crippen LogP contribution >= 0.6 is 0 Å². The average molecular weight is 240 g/mol. The fourth-order valence-electron chi connectivity index (χ4n) is 2.15. The second-order valence-electron chi connectivity index (χ2n) is 4.29. The van der Waals surface area contributed by atoms with E-state index in [1.54, 1.807) is 6.07 Å². The Labute approximate surface area is 99.8 Å². The molecule has 1 aromatic carbocycles. The van der Waals surface area contributed by atoms with E-state index in [2.05, 4.69) is 0 Å². The van der Waals surface area contributed by atoms with E-state index in [1.807, 2.05) is 4.90 Å². The van der Waals surface area contributed by atoms with Gasteiger partial charge in [-0.25, -0.2) is 4.39 Å². The van der Waals surface area contributed by atoms with Gasteiger partial charge in [0.15, 0.2) is 0 Å². The topological polar surface area (TPSA) is 58.7 Å². The number of β-amino-alcohol motifs (C(OH)–C–C–N with tert-alkyl or cyclic N) is 1. The number of ether oxygens (including phenoxy) is 1. The third-order valence-corrected chi connectivity index (χ3v) is 3.04. The molecule has 4 nitrogen and oxygen atoms in total. The summed E-state index contributed by atoms with van der Waals surface area (Å²) in [7, 11) is 1.50. The minimum Gasteiger partial charge on any atom is -0.495 e. The summed E-state index contributed by atoms with van der Waals surface area (Å²) >= 11 is 0. The highest BCUT2D eigenvalue weighted by atomic mass is 19.1. The van der Waals surface area contributed by atoms with Crippen molar-refractivity contribution in [3.05, 3.63) is 17.9 Å². The molecule has 1 unspecified atom stereocenters. The van der Waals surface area contributed by atoms with Crippen LogP contribution < -0.4 is 15.4 Å². The minimum absolute atomic E-state index is 0.284. The lowest BCUT2D eigenvalue weighted by atomic mass is 10.1. The van der Waals surface area contributed by atoms with Gasteiger partial charge in [0.1, 0.15) is 11.6 Å². The number of anilines is 2. The lowest BCUT2D eigenvalue weighted by Crippen LogP contribution is -2.38. The van der Waals surface area contributed by atoms with Crippen molar-refractivity contribution >= 4 is 11.4 Å². The molecule has 17 heavy (non-hydrogen) atoms. The van der Waals surface area contributed by atoms with Gasteiger partial charge >= 0.3 is 0 Å². The van der Waals surface area contributed by atoms with Gasteiger partial charge in [0, 0.05) is 25.2 Å². The van der Waals surface area contributed by atoms with Crippen molar-refractivity contribution in [3.8, 4) is 5.75 Å². The Morgan fingerprint density at radius 2 is 2.29 bits per heavy atom. The van der Waals surface area contributed by atoms with Crippen LogP contribution in [0.3, 0.4) is 0 Å². The van der Waals surface area contributed by atoms with Crippen LogP contribution in [0.2, 0.25) is 0 Å². The predicted octanol–water partition coefficient (Wildman–Crippen LogP) is 1.38. The number of aliphatic hydroxyl groups is 1. The Kier molecular flexibility index (Phi) is 3.38. The Morgan fingerprint density at radius 1 is 1.53 bits per heavy atom. The second kappa shape index (κ2) is 4.79. The molecular formula is C12H17FN2O2. The van der Waals surface area contributed by atoms with Crippen molar-refractivity contribution in [2.45, 2.75) is 18.9 Å². The zero-order valence-electron chi connectivity index (χ0n) is 9.82. The molecule has 0 saturated carbocycles. The number of nitrogens with zero attached hydrogens (tertiary/aromatic N) is 1. The molecule has 1 aromatic rings. The van der Waals surface area contributed by atoms with Gasteiger partial charge in [-0.05, 0) is 12.8 Å². The fraction of sp³-hybridized carbons (Fsp3) is 0.500. The molecule has 0 radical (unpaired) electrons. The van der Waals surface area contributed by atoms with Gasteiger partial charge in [-0.1, -0.05) is 0 Å². The van der Waals surface area contributed by atoms with Gasteiger partial charge in [-0.3, -0.25) is 0 Å². The Balaban J connectivity index is 2.30. The van der Waals surface area contributed by atoms with Crippen molar-refractivity contribution < 1.29 is 14.2 Å². The molecule has 3 N–H and O–H groups in total. The standard InChI is InChI=1S/C12H17FN2O2/c1-17-12-6-11(9(13)5-10(12)14)15-4-2-3-8(16)7-15/h5-6,8,16H,2-4,7,14H2,1H3. The molecule has 0 amide bonds. The van der Waals surface area contributed by atoms with Crippen molar-refractivity contribution in [1.82, 2.24) is 0 Å². The number of nitrogens with two attached hydrogens (primary N) is 1. The summed E-state index contributed by atoms with van der Waals surface area (Å²) in [4.78, 5) is 1.82. The first-order valence-corrected chi connectivity index (χ1v) is 5.68. The average Bonchev–Trinajstić information content (AvgIpc) is 2.29. The highest BCUT2D eigenvalue weighted by Crippen LogP contribution is 2.32. The van der Waals surface area contributed by atoms with Crippen molar-refractivity contribution in [2.24, 2.45) is 0 Å². The number of halogens is 1. The molecule has 0 bridgehead atoms. The zero-order valence-corrected chi connectivity index (χ0v) is 9.82. The molecule has 0 aliphatic carbocycles. The number of aliphatic hydroxyl groups excluding tert-OH is 1. The number of hydrogen-bond donors (Lipinski definition) is 2. The van der Waals surface area contributed by atoms with Crippen LogP contribution in [0.1, 0.15) is 12.8 Å². The first-order chi connectivity index (χ1) is 8.11. The Hall–Kier alpha value is -1.49. The molecule has 2 rings (SSSR count). The van der Waals surface area contributed by atoms with Crippen molar-refractivity contribution in [1.29, 1.82) is 0 Å². The van der Waals surface area contributed by atoms with E-state index in [4.69, 9.17) is 10.5 Å². The Morgan fingerprint density at radius 3 is 2.94 bits per heavy atom. The molecule has 1 heterocycles. The van der Waals surface area contributed by atoms with E-state index < -0.39 is 6.10 Å². The van der Waals surface area contributed by atoms with Gasteiger partial charge in [-0.2, -0.15) is 0 Å². The predicted molar refractivity (Wildman–Crippen MR) is 64.8 cm³/mol. The van der Waals surface area contributed by atoms with E-state index in [9.17, 15) is 9.50 Å². The third kappa shape index (κ3) is 2.44.